The molecule has 1 unspecified atom stereocenters. The fourth-order valence-corrected chi connectivity index (χ4v) is 4.39. The zero-order valence-electron chi connectivity index (χ0n) is 17.4. The van der Waals surface area contributed by atoms with Gasteiger partial charge in [0.05, 0.1) is 17.5 Å². The van der Waals surface area contributed by atoms with Crippen LogP contribution in [0.3, 0.4) is 0 Å². The van der Waals surface area contributed by atoms with E-state index < -0.39 is 17.0 Å². The number of hydrogen-bond acceptors (Lipinski definition) is 3. The number of carbonyl (C=O) groups excluding carboxylic acids is 1. The highest BCUT2D eigenvalue weighted by Gasteiger charge is 2.14. The third kappa shape index (κ3) is 5.41. The average molecular weight is 445 g/mol. The highest BCUT2D eigenvalue weighted by atomic mass is 32.2. The third-order valence-electron chi connectivity index (χ3n) is 5.15. The summed E-state index contributed by atoms with van der Waals surface area (Å²) in [5, 5.41) is 14.7. The van der Waals surface area contributed by atoms with Gasteiger partial charge in [0.1, 0.15) is 11.0 Å². The molecule has 0 spiro atoms. The first-order valence-electron chi connectivity index (χ1n) is 10.4. The van der Waals surface area contributed by atoms with E-state index in [-0.39, 0.29) is 12.5 Å². The van der Waals surface area contributed by atoms with Gasteiger partial charge in [0.15, 0.2) is 0 Å². The Bertz CT molecular complexity index is 1240. The van der Waals surface area contributed by atoms with Gasteiger partial charge in [0.25, 0.3) is 5.91 Å². The molecule has 0 fully saturated rings. The van der Waals surface area contributed by atoms with Crippen LogP contribution in [-0.2, 0) is 17.4 Å². The van der Waals surface area contributed by atoms with Gasteiger partial charge in [-0.25, -0.2) is 4.21 Å². The maximum atomic E-state index is 12.8. The smallest absolute Gasteiger partial charge is 0.251 e. The molecule has 32 heavy (non-hydrogen) atoms. The van der Waals surface area contributed by atoms with Gasteiger partial charge in [-0.3, -0.25) is 4.79 Å². The molecule has 162 valence electrons. The van der Waals surface area contributed by atoms with Crippen molar-refractivity contribution in [2.45, 2.75) is 17.4 Å². The quantitative estimate of drug-likeness (QED) is 0.379. The normalized spacial score (nSPS) is 12.8. The van der Waals surface area contributed by atoms with Gasteiger partial charge < -0.3 is 15.1 Å². The Morgan fingerprint density at radius 2 is 1.59 bits per heavy atom. The molecule has 4 aromatic rings. The van der Waals surface area contributed by atoms with Gasteiger partial charge >= 0.3 is 0 Å². The van der Waals surface area contributed by atoms with Gasteiger partial charge in [0, 0.05) is 11.3 Å². The lowest BCUT2D eigenvalue weighted by molar-refractivity contribution is 0.0916. The van der Waals surface area contributed by atoms with E-state index in [9.17, 15) is 14.1 Å². The number of anilines is 1. The van der Waals surface area contributed by atoms with Crippen LogP contribution in [-0.4, -0.2) is 27.9 Å². The molecule has 0 radical (unpaired) electrons. The van der Waals surface area contributed by atoms with Crippen molar-refractivity contribution >= 4 is 33.4 Å². The van der Waals surface area contributed by atoms with E-state index in [4.69, 9.17) is 0 Å². The summed E-state index contributed by atoms with van der Waals surface area (Å²) in [7, 11) is -1.47. The van der Waals surface area contributed by atoms with Crippen LogP contribution >= 0.6 is 0 Å². The molecule has 4 aromatic carbocycles. The summed E-state index contributed by atoms with van der Waals surface area (Å²) in [6, 6.07) is 29.7. The van der Waals surface area contributed by atoms with Crippen LogP contribution in [0.4, 0.5) is 5.69 Å². The zero-order valence-corrected chi connectivity index (χ0v) is 18.2. The minimum Gasteiger partial charge on any atom is -0.394 e. The van der Waals surface area contributed by atoms with Crippen molar-refractivity contribution in [1.29, 1.82) is 0 Å². The highest BCUT2D eigenvalue weighted by molar-refractivity contribution is 7.86. The van der Waals surface area contributed by atoms with E-state index in [1.54, 1.807) is 24.3 Å². The molecule has 0 aliphatic rings. The minimum absolute atomic E-state index is 0.162. The first-order chi connectivity index (χ1) is 15.6. The molecule has 0 aromatic heterocycles. The van der Waals surface area contributed by atoms with Crippen LogP contribution in [0.5, 0.6) is 0 Å². The highest BCUT2D eigenvalue weighted by Crippen LogP contribution is 2.20. The van der Waals surface area contributed by atoms with E-state index in [1.807, 2.05) is 72.8 Å². The molecule has 3 N–H and O–H groups in total. The summed E-state index contributed by atoms with van der Waals surface area (Å²) in [4.78, 5) is 13.4. The summed E-state index contributed by atoms with van der Waals surface area (Å²) in [6.07, 6.45) is 0.535. The Morgan fingerprint density at radius 3 is 2.38 bits per heavy atom. The second-order valence-electron chi connectivity index (χ2n) is 7.50. The van der Waals surface area contributed by atoms with Gasteiger partial charge in [-0.15, -0.1) is 0 Å². The molecule has 0 aliphatic heterocycles. The Morgan fingerprint density at radius 1 is 0.844 bits per heavy atom. The molecule has 0 aliphatic carbocycles. The lowest BCUT2D eigenvalue weighted by Crippen LogP contribution is -2.39. The van der Waals surface area contributed by atoms with Crippen LogP contribution in [0.25, 0.3) is 10.8 Å². The molecule has 0 saturated heterocycles. The predicted molar refractivity (Wildman–Crippen MR) is 129 cm³/mol. The van der Waals surface area contributed by atoms with Crippen molar-refractivity contribution in [3.8, 4) is 0 Å². The summed E-state index contributed by atoms with van der Waals surface area (Å²) >= 11 is 0. The van der Waals surface area contributed by atoms with E-state index in [2.05, 4.69) is 10.0 Å². The van der Waals surface area contributed by atoms with E-state index in [0.717, 1.165) is 16.3 Å². The van der Waals surface area contributed by atoms with Gasteiger partial charge in [0.2, 0.25) is 0 Å². The number of hydrogen-bond donors (Lipinski definition) is 3. The Balaban J connectivity index is 1.43. The predicted octanol–water partition coefficient (Wildman–Crippen LogP) is 4.31. The maximum absolute atomic E-state index is 12.8. The number of nitrogens with one attached hydrogen (secondary N) is 2. The minimum atomic E-state index is -1.47. The molecule has 0 heterocycles. The Kier molecular flexibility index (Phi) is 6.94. The molecule has 6 heteroatoms. The van der Waals surface area contributed by atoms with Crippen molar-refractivity contribution in [3.05, 3.63) is 108 Å². The van der Waals surface area contributed by atoms with E-state index >= 15 is 0 Å². The van der Waals surface area contributed by atoms with Crippen LogP contribution < -0.4 is 10.0 Å². The molecule has 2 atom stereocenters. The van der Waals surface area contributed by atoms with Crippen molar-refractivity contribution < 1.29 is 14.1 Å². The molecule has 5 nitrogen and oxygen atoms in total. The van der Waals surface area contributed by atoms with Gasteiger partial charge in [-0.05, 0) is 53.1 Å². The number of rotatable bonds is 8. The molecular formula is C26H24N2O3S. The lowest BCUT2D eigenvalue weighted by Gasteiger charge is -2.17. The summed E-state index contributed by atoms with van der Waals surface area (Å²) in [5.41, 5.74) is 2.04. The summed E-state index contributed by atoms with van der Waals surface area (Å²) in [6.45, 7) is -0.162. The molecule has 4 rings (SSSR count). The number of aliphatic hydroxyl groups excluding tert-OH is 1. The van der Waals surface area contributed by atoms with Crippen molar-refractivity contribution in [2.75, 3.05) is 11.3 Å². The largest absolute Gasteiger partial charge is 0.394 e. The Labute approximate surface area is 189 Å². The fourth-order valence-electron chi connectivity index (χ4n) is 3.50. The fraction of sp³-hybridized carbons (Fsp3) is 0.115. The summed E-state index contributed by atoms with van der Waals surface area (Å²) < 4.78 is 15.8. The molecular weight excluding hydrogens is 420 g/mol. The standard InChI is InChI=1S/C26H24N2O3S/c29-18-24(15-19-7-2-1-3-8-19)27-26(30)22-11-6-12-23(16-22)28-32(31)25-14-13-20-9-4-5-10-21(20)17-25/h1-14,16-17,24,28-29H,15,18H2,(H,27,30)/t24-,32?/m0/s1. The topological polar surface area (TPSA) is 78.4 Å². The second-order valence-corrected chi connectivity index (χ2v) is 8.72. The van der Waals surface area contributed by atoms with E-state index in [0.29, 0.717) is 22.6 Å². The van der Waals surface area contributed by atoms with Crippen LogP contribution in [0, 0.1) is 0 Å². The van der Waals surface area contributed by atoms with Gasteiger partial charge in [-0.2, -0.15) is 0 Å². The van der Waals surface area contributed by atoms with Crippen LogP contribution in [0.1, 0.15) is 15.9 Å². The van der Waals surface area contributed by atoms with Crippen molar-refractivity contribution in [1.82, 2.24) is 5.32 Å². The number of aliphatic hydroxyl groups is 1. The number of fused-ring (bicyclic) bond motifs is 1. The molecule has 0 bridgehead atoms. The number of benzene rings is 4. The third-order valence-corrected chi connectivity index (χ3v) is 6.25. The van der Waals surface area contributed by atoms with Gasteiger partial charge in [-0.1, -0.05) is 66.7 Å². The molecule has 1 amide bonds. The Hall–Kier alpha value is -3.48. The SMILES string of the molecule is O=C(N[C@H](CO)Cc1ccccc1)c1cccc(NS(=O)c2ccc3ccccc3c2)c1. The monoisotopic (exact) mass is 444 g/mol. The maximum Gasteiger partial charge on any atom is 0.251 e. The average Bonchev–Trinajstić information content (AvgIpc) is 2.84. The zero-order chi connectivity index (χ0) is 22.3. The number of amides is 1. The first-order valence-corrected chi connectivity index (χ1v) is 11.5. The van der Waals surface area contributed by atoms with Crippen molar-refractivity contribution in [3.63, 3.8) is 0 Å². The van der Waals surface area contributed by atoms with Crippen LogP contribution in [0.2, 0.25) is 0 Å². The molecule has 0 saturated carbocycles. The van der Waals surface area contributed by atoms with E-state index in [1.165, 1.54) is 0 Å². The lowest BCUT2D eigenvalue weighted by atomic mass is 10.1. The summed E-state index contributed by atoms with van der Waals surface area (Å²) in [5.74, 6) is -0.292. The second kappa shape index (κ2) is 10.2. The van der Waals surface area contributed by atoms with Crippen molar-refractivity contribution in [2.24, 2.45) is 0 Å². The number of carbonyl (C=O) groups is 1. The van der Waals surface area contributed by atoms with Crippen LogP contribution in [0.15, 0.2) is 102 Å². The first kappa shape index (κ1) is 21.7.